The molecule has 0 saturated heterocycles. The van der Waals surface area contributed by atoms with E-state index >= 15 is 0 Å². The molecule has 1 rings (SSSR count). The maximum atomic E-state index is 11.3. The van der Waals surface area contributed by atoms with Gasteiger partial charge in [-0.2, -0.15) is 5.10 Å². The van der Waals surface area contributed by atoms with Crippen LogP contribution in [-0.4, -0.2) is 9.78 Å². The molecule has 2 N–H and O–H groups in total. The Bertz CT molecular complexity index is 341. The zero-order chi connectivity index (χ0) is 9.30. The van der Waals surface area contributed by atoms with E-state index in [1.807, 2.05) is 13.8 Å². The van der Waals surface area contributed by atoms with Crippen LogP contribution in [-0.2, 0) is 7.05 Å². The number of hydrogen-bond donors (Lipinski definition) is 1. The molecule has 0 aliphatic heterocycles. The minimum absolute atomic E-state index is 0.221. The SMILES string of the molecule is CC(C)c1cnn(C)c(=O)c1N. The van der Waals surface area contributed by atoms with Crippen molar-refractivity contribution < 1.29 is 0 Å². The monoisotopic (exact) mass is 167 g/mol. The Morgan fingerprint density at radius 3 is 2.67 bits per heavy atom. The topological polar surface area (TPSA) is 60.9 Å². The molecule has 0 radical (unpaired) electrons. The van der Waals surface area contributed by atoms with Crippen LogP contribution in [0.15, 0.2) is 11.0 Å². The fraction of sp³-hybridized carbons (Fsp3) is 0.500. The summed E-state index contributed by atoms with van der Waals surface area (Å²) in [6.45, 7) is 3.96. The molecule has 0 spiro atoms. The smallest absolute Gasteiger partial charge is 0.289 e. The lowest BCUT2D eigenvalue weighted by molar-refractivity contribution is 0.694. The normalized spacial score (nSPS) is 10.7. The summed E-state index contributed by atoms with van der Waals surface area (Å²) < 4.78 is 1.24. The van der Waals surface area contributed by atoms with Gasteiger partial charge < -0.3 is 5.73 Å². The quantitative estimate of drug-likeness (QED) is 0.662. The summed E-state index contributed by atoms with van der Waals surface area (Å²) >= 11 is 0. The van der Waals surface area contributed by atoms with Gasteiger partial charge in [-0.1, -0.05) is 13.8 Å². The van der Waals surface area contributed by atoms with Crippen molar-refractivity contribution in [3.8, 4) is 0 Å². The molecular formula is C8H13N3O. The highest BCUT2D eigenvalue weighted by Gasteiger charge is 2.08. The molecule has 1 aromatic rings. The van der Waals surface area contributed by atoms with Crippen LogP contribution >= 0.6 is 0 Å². The summed E-state index contributed by atoms with van der Waals surface area (Å²) in [5.74, 6) is 0.242. The summed E-state index contributed by atoms with van der Waals surface area (Å²) in [6, 6.07) is 0. The molecule has 0 aliphatic carbocycles. The van der Waals surface area contributed by atoms with Gasteiger partial charge in [0.1, 0.15) is 5.69 Å². The molecule has 0 bridgehead atoms. The third-order valence-electron chi connectivity index (χ3n) is 1.83. The summed E-state index contributed by atoms with van der Waals surface area (Å²) in [5, 5.41) is 3.88. The van der Waals surface area contributed by atoms with Crippen LogP contribution in [0.2, 0.25) is 0 Å². The average molecular weight is 167 g/mol. The van der Waals surface area contributed by atoms with Crippen LogP contribution in [0, 0.1) is 0 Å². The van der Waals surface area contributed by atoms with Crippen molar-refractivity contribution in [3.05, 3.63) is 22.1 Å². The van der Waals surface area contributed by atoms with Crippen molar-refractivity contribution in [2.24, 2.45) is 7.05 Å². The predicted octanol–water partition coefficient (Wildman–Crippen LogP) is 0.486. The predicted molar refractivity (Wildman–Crippen MR) is 48.0 cm³/mol. The number of nitrogens with two attached hydrogens (primary N) is 1. The number of anilines is 1. The van der Waals surface area contributed by atoms with Crippen LogP contribution in [0.5, 0.6) is 0 Å². The van der Waals surface area contributed by atoms with Crippen LogP contribution in [0.4, 0.5) is 5.69 Å². The minimum atomic E-state index is -0.221. The van der Waals surface area contributed by atoms with E-state index in [4.69, 9.17) is 5.73 Å². The number of nitrogens with zero attached hydrogens (tertiary/aromatic N) is 2. The number of nitrogen functional groups attached to an aromatic ring is 1. The highest BCUT2D eigenvalue weighted by atomic mass is 16.1. The Morgan fingerprint density at radius 1 is 1.58 bits per heavy atom. The molecule has 0 atom stereocenters. The van der Waals surface area contributed by atoms with Gasteiger partial charge in [0.25, 0.3) is 5.56 Å². The van der Waals surface area contributed by atoms with Crippen molar-refractivity contribution in [2.75, 3.05) is 5.73 Å². The van der Waals surface area contributed by atoms with Gasteiger partial charge in [0.2, 0.25) is 0 Å². The standard InChI is InChI=1S/C8H13N3O/c1-5(2)6-4-10-11(3)8(12)7(6)9/h4-5H,9H2,1-3H3. The lowest BCUT2D eigenvalue weighted by atomic mass is 10.1. The van der Waals surface area contributed by atoms with Crippen molar-refractivity contribution in [2.45, 2.75) is 19.8 Å². The van der Waals surface area contributed by atoms with Crippen molar-refractivity contribution in [3.63, 3.8) is 0 Å². The van der Waals surface area contributed by atoms with E-state index in [9.17, 15) is 4.79 Å². The second-order valence-electron chi connectivity index (χ2n) is 3.10. The summed E-state index contributed by atoms with van der Waals surface area (Å²) in [7, 11) is 1.59. The Kier molecular flexibility index (Phi) is 2.17. The second-order valence-corrected chi connectivity index (χ2v) is 3.10. The lowest BCUT2D eigenvalue weighted by Gasteiger charge is -2.08. The van der Waals surface area contributed by atoms with E-state index in [0.29, 0.717) is 5.69 Å². The first-order valence-corrected chi connectivity index (χ1v) is 3.85. The molecule has 0 unspecified atom stereocenters. The Labute approximate surface area is 71.0 Å². The van der Waals surface area contributed by atoms with Gasteiger partial charge in [-0.15, -0.1) is 0 Å². The van der Waals surface area contributed by atoms with E-state index in [0.717, 1.165) is 5.56 Å². The molecular weight excluding hydrogens is 154 g/mol. The molecule has 0 aromatic carbocycles. The Hall–Kier alpha value is -1.32. The number of aromatic nitrogens is 2. The van der Waals surface area contributed by atoms with E-state index in [1.165, 1.54) is 4.68 Å². The van der Waals surface area contributed by atoms with Gasteiger partial charge >= 0.3 is 0 Å². The first-order chi connectivity index (χ1) is 5.54. The molecule has 1 heterocycles. The molecule has 12 heavy (non-hydrogen) atoms. The Balaban J connectivity index is 3.37. The van der Waals surface area contributed by atoms with E-state index in [1.54, 1.807) is 13.2 Å². The molecule has 1 aromatic heterocycles. The first kappa shape index (κ1) is 8.77. The first-order valence-electron chi connectivity index (χ1n) is 3.85. The molecule has 0 aliphatic rings. The fourth-order valence-corrected chi connectivity index (χ4v) is 1.03. The number of rotatable bonds is 1. The van der Waals surface area contributed by atoms with Crippen molar-refractivity contribution >= 4 is 5.69 Å². The average Bonchev–Trinajstić information content (AvgIpc) is 2.00. The van der Waals surface area contributed by atoms with E-state index in [-0.39, 0.29) is 11.5 Å². The molecule has 66 valence electrons. The van der Waals surface area contributed by atoms with Crippen LogP contribution in [0.3, 0.4) is 0 Å². The minimum Gasteiger partial charge on any atom is -0.394 e. The summed E-state index contributed by atoms with van der Waals surface area (Å²) in [4.78, 5) is 11.3. The van der Waals surface area contributed by atoms with Gasteiger partial charge in [0.15, 0.2) is 0 Å². The Morgan fingerprint density at radius 2 is 2.17 bits per heavy atom. The third kappa shape index (κ3) is 1.32. The maximum Gasteiger partial charge on any atom is 0.289 e. The van der Waals surface area contributed by atoms with Gasteiger partial charge in [0.05, 0.1) is 6.20 Å². The van der Waals surface area contributed by atoms with E-state index < -0.39 is 0 Å². The summed E-state index contributed by atoms with van der Waals surface area (Å²) in [6.07, 6.45) is 1.64. The molecule has 4 heteroatoms. The molecule has 0 saturated carbocycles. The largest absolute Gasteiger partial charge is 0.394 e. The fourth-order valence-electron chi connectivity index (χ4n) is 1.03. The highest BCUT2D eigenvalue weighted by Crippen LogP contribution is 2.15. The summed E-state index contributed by atoms with van der Waals surface area (Å²) in [5.41, 5.74) is 6.52. The van der Waals surface area contributed by atoms with Crippen LogP contribution in [0.1, 0.15) is 25.3 Å². The molecule has 0 amide bonds. The number of aryl methyl sites for hydroxylation is 1. The van der Waals surface area contributed by atoms with Crippen LogP contribution in [0.25, 0.3) is 0 Å². The van der Waals surface area contributed by atoms with Gasteiger partial charge in [0, 0.05) is 12.6 Å². The molecule has 4 nitrogen and oxygen atoms in total. The van der Waals surface area contributed by atoms with E-state index in [2.05, 4.69) is 5.10 Å². The second kappa shape index (κ2) is 2.97. The zero-order valence-electron chi connectivity index (χ0n) is 7.53. The van der Waals surface area contributed by atoms with Crippen molar-refractivity contribution in [1.29, 1.82) is 0 Å². The van der Waals surface area contributed by atoms with Gasteiger partial charge in [-0.3, -0.25) is 4.79 Å². The van der Waals surface area contributed by atoms with Gasteiger partial charge in [-0.25, -0.2) is 4.68 Å². The lowest BCUT2D eigenvalue weighted by Crippen LogP contribution is -2.24. The maximum absolute atomic E-state index is 11.3. The van der Waals surface area contributed by atoms with Gasteiger partial charge in [-0.05, 0) is 5.92 Å². The third-order valence-corrected chi connectivity index (χ3v) is 1.83. The van der Waals surface area contributed by atoms with Crippen LogP contribution < -0.4 is 11.3 Å². The highest BCUT2D eigenvalue weighted by molar-refractivity contribution is 5.44. The van der Waals surface area contributed by atoms with Crippen molar-refractivity contribution in [1.82, 2.24) is 9.78 Å². The zero-order valence-corrected chi connectivity index (χ0v) is 7.53. The molecule has 0 fully saturated rings. The number of hydrogen-bond acceptors (Lipinski definition) is 3.